The molecule has 9 nitrogen and oxygen atoms in total. The first kappa shape index (κ1) is 21.1. The van der Waals surface area contributed by atoms with Gasteiger partial charge in [0.25, 0.3) is 11.8 Å². The Morgan fingerprint density at radius 1 is 1.21 bits per heavy atom. The van der Waals surface area contributed by atoms with E-state index in [-0.39, 0.29) is 25.4 Å². The van der Waals surface area contributed by atoms with Crippen molar-refractivity contribution >= 4 is 29.7 Å². The molecule has 28 heavy (non-hydrogen) atoms. The van der Waals surface area contributed by atoms with Crippen molar-refractivity contribution in [1.82, 2.24) is 15.5 Å². The van der Waals surface area contributed by atoms with Gasteiger partial charge < -0.3 is 10.1 Å². The van der Waals surface area contributed by atoms with Gasteiger partial charge in [-0.15, -0.1) is 0 Å². The lowest BCUT2D eigenvalue weighted by Gasteiger charge is -2.26. The number of hydrogen-bond acceptors (Lipinski definition) is 6. The summed E-state index contributed by atoms with van der Waals surface area (Å²) < 4.78 is 4.79. The molecule has 1 aromatic rings. The van der Waals surface area contributed by atoms with Gasteiger partial charge in [0.1, 0.15) is 0 Å². The van der Waals surface area contributed by atoms with Gasteiger partial charge in [0.2, 0.25) is 5.91 Å². The summed E-state index contributed by atoms with van der Waals surface area (Å²) in [6, 6.07) is 6.03. The van der Waals surface area contributed by atoms with E-state index in [9.17, 15) is 24.0 Å². The van der Waals surface area contributed by atoms with Gasteiger partial charge in [-0.3, -0.25) is 29.4 Å². The third-order valence-corrected chi connectivity index (χ3v) is 4.28. The van der Waals surface area contributed by atoms with Crippen LogP contribution in [0.5, 0.6) is 0 Å². The van der Waals surface area contributed by atoms with E-state index in [2.05, 4.69) is 5.32 Å². The molecule has 1 atom stereocenters. The molecule has 2 rings (SSSR count). The second kappa shape index (κ2) is 9.63. The molecule has 1 aliphatic rings. The molecule has 0 spiro atoms. The van der Waals surface area contributed by atoms with Crippen molar-refractivity contribution in [3.8, 4) is 0 Å². The molecule has 0 unspecified atom stereocenters. The monoisotopic (exact) mass is 389 g/mol. The maximum atomic E-state index is 12.4. The summed E-state index contributed by atoms with van der Waals surface area (Å²) in [5.74, 6) is -2.37. The molecule has 9 heteroatoms. The van der Waals surface area contributed by atoms with Crippen LogP contribution in [0.3, 0.4) is 0 Å². The number of nitrogens with zero attached hydrogens (tertiary/aromatic N) is 1. The van der Waals surface area contributed by atoms with Crippen LogP contribution in [-0.4, -0.2) is 53.8 Å². The Balaban J connectivity index is 1.77. The van der Waals surface area contributed by atoms with E-state index in [4.69, 9.17) is 4.74 Å². The summed E-state index contributed by atoms with van der Waals surface area (Å²) in [6.45, 7) is 2.90. The van der Waals surface area contributed by atoms with E-state index >= 15 is 0 Å². The molecule has 2 N–H and O–H groups in total. The number of urea groups is 1. The molecule has 0 fully saturated rings. The number of nitrogens with one attached hydrogen (secondary N) is 2. The minimum Gasteiger partial charge on any atom is -0.456 e. The maximum absolute atomic E-state index is 12.4. The van der Waals surface area contributed by atoms with Gasteiger partial charge in [-0.1, -0.05) is 25.1 Å². The van der Waals surface area contributed by atoms with Crippen molar-refractivity contribution in [3.63, 3.8) is 0 Å². The first-order chi connectivity index (χ1) is 13.3. The Labute approximate surface area is 162 Å². The van der Waals surface area contributed by atoms with Gasteiger partial charge >= 0.3 is 12.0 Å². The molecule has 150 valence electrons. The molecule has 0 bridgehead atoms. The number of esters is 1. The van der Waals surface area contributed by atoms with E-state index in [0.29, 0.717) is 17.5 Å². The number of hydrogen-bond donors (Lipinski definition) is 2. The Hall–Kier alpha value is -3.23. The first-order valence-corrected chi connectivity index (χ1v) is 9.00. The van der Waals surface area contributed by atoms with Crippen LogP contribution < -0.4 is 10.6 Å². The Kier molecular flexibility index (Phi) is 7.25. The van der Waals surface area contributed by atoms with Crippen molar-refractivity contribution in [2.75, 3.05) is 13.2 Å². The third-order valence-electron chi connectivity index (χ3n) is 4.28. The van der Waals surface area contributed by atoms with Crippen molar-refractivity contribution in [3.05, 3.63) is 35.4 Å². The Morgan fingerprint density at radius 2 is 1.93 bits per heavy atom. The minimum atomic E-state index is -0.770. The quantitative estimate of drug-likeness (QED) is 0.525. The highest BCUT2D eigenvalue weighted by Crippen LogP contribution is 2.19. The predicted octanol–water partition coefficient (Wildman–Crippen LogP) is 0.769. The predicted molar refractivity (Wildman–Crippen MR) is 98.2 cm³/mol. The molecular formula is C19H23N3O6. The minimum absolute atomic E-state index is 0.0880. The average molecular weight is 389 g/mol. The Bertz CT molecular complexity index is 792. The van der Waals surface area contributed by atoms with Gasteiger partial charge in [0.05, 0.1) is 12.8 Å². The second-order valence-corrected chi connectivity index (χ2v) is 6.43. The van der Waals surface area contributed by atoms with Gasteiger partial charge in [0, 0.05) is 18.2 Å². The second-order valence-electron chi connectivity index (χ2n) is 6.43. The third kappa shape index (κ3) is 5.63. The number of amides is 5. The number of fused-ring (bicyclic) bond motifs is 1. The number of carbonyl (C=O) groups excluding carboxylic acids is 5. The number of ether oxygens (including phenoxy) is 1. The molecule has 1 heterocycles. The smallest absolute Gasteiger partial charge is 0.321 e. The average Bonchev–Trinajstić information content (AvgIpc) is 2.65. The highest BCUT2D eigenvalue weighted by molar-refractivity contribution is 6.09. The summed E-state index contributed by atoms with van der Waals surface area (Å²) in [5, 5.41) is 4.59. The van der Waals surface area contributed by atoms with E-state index in [1.54, 1.807) is 31.2 Å². The summed E-state index contributed by atoms with van der Waals surface area (Å²) in [7, 11) is 0. The zero-order valence-electron chi connectivity index (χ0n) is 15.8. The molecule has 0 saturated heterocycles. The van der Waals surface area contributed by atoms with Crippen LogP contribution >= 0.6 is 0 Å². The van der Waals surface area contributed by atoms with Gasteiger partial charge in [-0.25, -0.2) is 4.79 Å². The lowest BCUT2D eigenvalue weighted by atomic mass is 9.98. The topological polar surface area (TPSA) is 122 Å². The van der Waals surface area contributed by atoms with Gasteiger partial charge in [0.15, 0.2) is 6.61 Å². The molecule has 1 aliphatic heterocycles. The fourth-order valence-electron chi connectivity index (χ4n) is 2.57. The zero-order chi connectivity index (χ0) is 20.7. The SMILES string of the molecule is CC[C@H](C)NC(=O)NC(=O)COC(=O)CCN1C(=O)Cc2ccccc2C1=O. The van der Waals surface area contributed by atoms with Crippen molar-refractivity contribution in [2.24, 2.45) is 0 Å². The van der Waals surface area contributed by atoms with Crippen LogP contribution in [0.15, 0.2) is 24.3 Å². The lowest BCUT2D eigenvalue weighted by molar-refractivity contribution is -0.148. The first-order valence-electron chi connectivity index (χ1n) is 9.00. The molecule has 0 saturated carbocycles. The van der Waals surface area contributed by atoms with Crippen LogP contribution in [0.1, 0.15) is 42.6 Å². The van der Waals surface area contributed by atoms with Crippen LogP contribution in [0.4, 0.5) is 4.79 Å². The van der Waals surface area contributed by atoms with E-state index in [1.165, 1.54) is 0 Å². The zero-order valence-corrected chi connectivity index (χ0v) is 15.8. The molecule has 0 radical (unpaired) electrons. The van der Waals surface area contributed by atoms with Crippen LogP contribution in [0, 0.1) is 0 Å². The summed E-state index contributed by atoms with van der Waals surface area (Å²) in [6.07, 6.45) is 0.547. The normalized spacial score (nSPS) is 14.1. The number of benzene rings is 1. The maximum Gasteiger partial charge on any atom is 0.321 e. The number of rotatable bonds is 7. The molecule has 0 aliphatic carbocycles. The fourth-order valence-corrected chi connectivity index (χ4v) is 2.57. The summed E-state index contributed by atoms with van der Waals surface area (Å²) in [4.78, 5) is 60.4. The van der Waals surface area contributed by atoms with Gasteiger partial charge in [-0.05, 0) is 25.0 Å². The number of imide groups is 2. The molecule has 0 aromatic heterocycles. The highest BCUT2D eigenvalue weighted by Gasteiger charge is 2.30. The van der Waals surface area contributed by atoms with Crippen LogP contribution in [-0.2, 0) is 25.5 Å². The molecule has 5 amide bonds. The standard InChI is InChI=1S/C19H23N3O6/c1-3-12(2)20-19(27)21-15(23)11-28-17(25)8-9-22-16(24)10-13-6-4-5-7-14(13)18(22)26/h4-7,12H,3,8-11H2,1-2H3,(H2,20,21,23,27)/t12-/m0/s1. The van der Waals surface area contributed by atoms with Crippen molar-refractivity contribution < 1.29 is 28.7 Å². The van der Waals surface area contributed by atoms with Crippen molar-refractivity contribution in [1.29, 1.82) is 0 Å². The lowest BCUT2D eigenvalue weighted by Crippen LogP contribution is -2.45. The van der Waals surface area contributed by atoms with E-state index < -0.39 is 36.3 Å². The summed E-state index contributed by atoms with van der Waals surface area (Å²) in [5.41, 5.74) is 1.09. The highest BCUT2D eigenvalue weighted by atomic mass is 16.5. The van der Waals surface area contributed by atoms with Crippen LogP contribution in [0.2, 0.25) is 0 Å². The number of carbonyl (C=O) groups is 5. The largest absolute Gasteiger partial charge is 0.456 e. The van der Waals surface area contributed by atoms with Crippen molar-refractivity contribution in [2.45, 2.75) is 39.2 Å². The van der Waals surface area contributed by atoms with Crippen LogP contribution in [0.25, 0.3) is 0 Å². The summed E-state index contributed by atoms with van der Waals surface area (Å²) >= 11 is 0. The molecular weight excluding hydrogens is 366 g/mol. The molecule has 1 aromatic carbocycles. The van der Waals surface area contributed by atoms with E-state index in [0.717, 1.165) is 4.90 Å². The van der Waals surface area contributed by atoms with E-state index in [1.807, 2.05) is 12.2 Å². The van der Waals surface area contributed by atoms with Gasteiger partial charge in [-0.2, -0.15) is 0 Å². The fraction of sp³-hybridized carbons (Fsp3) is 0.421. The Morgan fingerprint density at radius 3 is 2.64 bits per heavy atom.